The lowest BCUT2D eigenvalue weighted by molar-refractivity contribution is -0.148. The maximum Gasteiger partial charge on any atom is 0.326 e. The lowest BCUT2D eigenvalue weighted by Gasteiger charge is -2.30. The van der Waals surface area contributed by atoms with Gasteiger partial charge in [0.2, 0.25) is 0 Å². The average Bonchev–Trinajstić information content (AvgIpc) is 2.81. The highest BCUT2D eigenvalue weighted by Gasteiger charge is 2.46. The van der Waals surface area contributed by atoms with Crippen LogP contribution in [0.1, 0.15) is 33.1 Å². The summed E-state index contributed by atoms with van der Waals surface area (Å²) in [6, 6.07) is 1.58. The molecule has 116 valence electrons. The van der Waals surface area contributed by atoms with Gasteiger partial charge in [-0.3, -0.25) is 14.9 Å². The van der Waals surface area contributed by atoms with Crippen molar-refractivity contribution in [3.05, 3.63) is 22.6 Å². The van der Waals surface area contributed by atoms with Gasteiger partial charge in [-0.2, -0.15) is 0 Å². The predicted octanol–water partition coefficient (Wildman–Crippen LogP) is 1.32. The van der Waals surface area contributed by atoms with Gasteiger partial charge in [0.15, 0.2) is 5.16 Å². The van der Waals surface area contributed by atoms with Crippen LogP contribution in [0.2, 0.25) is 0 Å². The SMILES string of the molecule is COC(=O)C1(NC(C)C)CCC(Sc2nccc(=O)[nH]2)C1. The number of hydrogen-bond acceptors (Lipinski definition) is 6. The number of thioether (sulfide) groups is 1. The summed E-state index contributed by atoms with van der Waals surface area (Å²) in [5.41, 5.74) is -0.791. The van der Waals surface area contributed by atoms with Gasteiger partial charge in [0.05, 0.1) is 7.11 Å². The lowest BCUT2D eigenvalue weighted by Crippen LogP contribution is -2.53. The van der Waals surface area contributed by atoms with Crippen LogP contribution in [0.5, 0.6) is 0 Å². The van der Waals surface area contributed by atoms with E-state index in [0.29, 0.717) is 11.6 Å². The molecule has 0 spiro atoms. The number of carbonyl (C=O) groups is 1. The van der Waals surface area contributed by atoms with Crippen LogP contribution in [-0.2, 0) is 9.53 Å². The van der Waals surface area contributed by atoms with Crippen LogP contribution in [-0.4, -0.2) is 39.9 Å². The molecular formula is C14H21N3O3S. The summed E-state index contributed by atoms with van der Waals surface area (Å²) >= 11 is 1.51. The molecule has 0 saturated heterocycles. The third-order valence-corrected chi connectivity index (χ3v) is 4.70. The average molecular weight is 311 g/mol. The molecule has 0 aromatic carbocycles. The topological polar surface area (TPSA) is 84.1 Å². The molecule has 1 aromatic rings. The van der Waals surface area contributed by atoms with Crippen LogP contribution in [0.3, 0.4) is 0 Å². The zero-order valence-electron chi connectivity index (χ0n) is 12.5. The molecular weight excluding hydrogens is 290 g/mol. The van der Waals surface area contributed by atoms with Crippen LogP contribution < -0.4 is 10.9 Å². The summed E-state index contributed by atoms with van der Waals surface area (Å²) in [5.74, 6) is -0.214. The third kappa shape index (κ3) is 3.85. The molecule has 2 N–H and O–H groups in total. The molecule has 1 aromatic heterocycles. The molecule has 2 atom stereocenters. The first kappa shape index (κ1) is 16.0. The predicted molar refractivity (Wildman–Crippen MR) is 81.4 cm³/mol. The first-order valence-electron chi connectivity index (χ1n) is 7.03. The van der Waals surface area contributed by atoms with Crippen LogP contribution >= 0.6 is 11.8 Å². The molecule has 1 heterocycles. The standard InChI is InChI=1S/C14H21N3O3S/c1-9(2)17-14(12(19)20-3)6-4-10(8-14)21-13-15-7-5-11(18)16-13/h5,7,9-10,17H,4,6,8H2,1-3H3,(H,15,16,18). The van der Waals surface area contributed by atoms with E-state index < -0.39 is 5.54 Å². The van der Waals surface area contributed by atoms with Gasteiger partial charge >= 0.3 is 5.97 Å². The number of esters is 1. The minimum Gasteiger partial charge on any atom is -0.468 e. The second-order valence-corrected chi connectivity index (χ2v) is 6.88. The Morgan fingerprint density at radius 1 is 1.62 bits per heavy atom. The Kier molecular flexibility index (Phi) is 5.05. The van der Waals surface area contributed by atoms with Gasteiger partial charge in [0, 0.05) is 23.6 Å². The largest absolute Gasteiger partial charge is 0.468 e. The van der Waals surface area contributed by atoms with Gasteiger partial charge in [-0.1, -0.05) is 11.8 Å². The zero-order chi connectivity index (χ0) is 15.5. The summed E-state index contributed by atoms with van der Waals surface area (Å²) < 4.78 is 4.97. The monoisotopic (exact) mass is 311 g/mol. The van der Waals surface area contributed by atoms with E-state index in [1.165, 1.54) is 31.1 Å². The molecule has 0 amide bonds. The highest BCUT2D eigenvalue weighted by atomic mass is 32.2. The Labute approximate surface area is 128 Å². The fraction of sp³-hybridized carbons (Fsp3) is 0.643. The second-order valence-electron chi connectivity index (χ2n) is 5.59. The smallest absolute Gasteiger partial charge is 0.326 e. The maximum absolute atomic E-state index is 12.2. The summed E-state index contributed by atoms with van der Waals surface area (Å²) in [6.07, 6.45) is 3.77. The molecule has 6 nitrogen and oxygen atoms in total. The fourth-order valence-corrected chi connectivity index (χ4v) is 3.99. The van der Waals surface area contributed by atoms with Crippen molar-refractivity contribution in [2.45, 2.75) is 55.1 Å². The van der Waals surface area contributed by atoms with Gasteiger partial charge in [0.1, 0.15) is 5.54 Å². The quantitative estimate of drug-likeness (QED) is 0.630. The van der Waals surface area contributed by atoms with Crippen LogP contribution in [0.25, 0.3) is 0 Å². The van der Waals surface area contributed by atoms with Gasteiger partial charge in [-0.15, -0.1) is 0 Å². The number of nitrogens with zero attached hydrogens (tertiary/aromatic N) is 1. The molecule has 21 heavy (non-hydrogen) atoms. The minimum absolute atomic E-state index is 0.162. The van der Waals surface area contributed by atoms with E-state index >= 15 is 0 Å². The molecule has 2 rings (SSSR count). The number of methoxy groups -OCH3 is 1. The molecule has 1 saturated carbocycles. The Hall–Kier alpha value is -1.34. The molecule has 2 unspecified atom stereocenters. The number of nitrogens with one attached hydrogen (secondary N) is 2. The Morgan fingerprint density at radius 2 is 2.38 bits per heavy atom. The van der Waals surface area contributed by atoms with E-state index in [-0.39, 0.29) is 22.8 Å². The van der Waals surface area contributed by atoms with Crippen molar-refractivity contribution in [1.82, 2.24) is 15.3 Å². The molecule has 1 aliphatic rings. The van der Waals surface area contributed by atoms with E-state index in [4.69, 9.17) is 4.74 Å². The highest BCUT2D eigenvalue weighted by molar-refractivity contribution is 7.99. The number of H-pyrrole nitrogens is 1. The van der Waals surface area contributed by atoms with Crippen molar-refractivity contribution in [1.29, 1.82) is 0 Å². The summed E-state index contributed by atoms with van der Waals surface area (Å²) in [5, 5.41) is 4.17. The minimum atomic E-state index is -0.629. The maximum atomic E-state index is 12.2. The van der Waals surface area contributed by atoms with E-state index in [1.54, 1.807) is 0 Å². The number of aromatic amines is 1. The van der Waals surface area contributed by atoms with Crippen molar-refractivity contribution in [3.8, 4) is 0 Å². The van der Waals surface area contributed by atoms with Crippen molar-refractivity contribution < 1.29 is 9.53 Å². The number of aromatic nitrogens is 2. The number of ether oxygens (including phenoxy) is 1. The Bertz CT molecular complexity index is 560. The molecule has 1 fully saturated rings. The number of rotatable bonds is 5. The van der Waals surface area contributed by atoms with Crippen LogP contribution in [0.15, 0.2) is 22.2 Å². The van der Waals surface area contributed by atoms with Crippen molar-refractivity contribution in [2.75, 3.05) is 7.11 Å². The first-order chi connectivity index (χ1) is 9.95. The van der Waals surface area contributed by atoms with E-state index in [2.05, 4.69) is 15.3 Å². The molecule has 7 heteroatoms. The molecule has 0 radical (unpaired) electrons. The van der Waals surface area contributed by atoms with Crippen LogP contribution in [0, 0.1) is 0 Å². The molecule has 0 aliphatic heterocycles. The first-order valence-corrected chi connectivity index (χ1v) is 7.91. The zero-order valence-corrected chi connectivity index (χ0v) is 13.3. The van der Waals surface area contributed by atoms with Crippen molar-refractivity contribution >= 4 is 17.7 Å². The van der Waals surface area contributed by atoms with E-state index in [1.807, 2.05) is 13.8 Å². The molecule has 0 bridgehead atoms. The summed E-state index contributed by atoms with van der Waals surface area (Å²) in [6.45, 7) is 4.03. The lowest BCUT2D eigenvalue weighted by atomic mass is 9.97. The van der Waals surface area contributed by atoms with Crippen molar-refractivity contribution in [3.63, 3.8) is 0 Å². The third-order valence-electron chi connectivity index (χ3n) is 3.54. The summed E-state index contributed by atoms with van der Waals surface area (Å²) in [7, 11) is 1.42. The van der Waals surface area contributed by atoms with Gasteiger partial charge < -0.3 is 9.72 Å². The number of hydrogen-bond donors (Lipinski definition) is 2. The van der Waals surface area contributed by atoms with Gasteiger partial charge in [-0.25, -0.2) is 4.98 Å². The van der Waals surface area contributed by atoms with Gasteiger partial charge in [-0.05, 0) is 33.1 Å². The summed E-state index contributed by atoms with van der Waals surface area (Å²) in [4.78, 5) is 30.3. The van der Waals surface area contributed by atoms with E-state index in [9.17, 15) is 9.59 Å². The second kappa shape index (κ2) is 6.62. The van der Waals surface area contributed by atoms with Gasteiger partial charge in [0.25, 0.3) is 5.56 Å². The number of carbonyl (C=O) groups excluding carboxylic acids is 1. The fourth-order valence-electron chi connectivity index (χ4n) is 2.79. The van der Waals surface area contributed by atoms with Crippen molar-refractivity contribution in [2.24, 2.45) is 0 Å². The Morgan fingerprint density at radius 3 is 3.00 bits per heavy atom. The Balaban J connectivity index is 2.09. The molecule has 1 aliphatic carbocycles. The van der Waals surface area contributed by atoms with E-state index in [0.717, 1.165) is 12.8 Å². The normalized spacial score (nSPS) is 25.2. The highest BCUT2D eigenvalue weighted by Crippen LogP contribution is 2.40. The van der Waals surface area contributed by atoms with Crippen LogP contribution in [0.4, 0.5) is 0 Å².